The van der Waals surface area contributed by atoms with Crippen LogP contribution in [0.15, 0.2) is 0 Å². The Morgan fingerprint density at radius 1 is 0.611 bits per heavy atom. The molecule has 2 atom stereocenters. The first kappa shape index (κ1) is 17.8. The normalized spacial score (nSPS) is 16.0. The van der Waals surface area contributed by atoms with Gasteiger partial charge in [0.15, 0.2) is 0 Å². The maximum Gasteiger partial charge on any atom is 0.0612 e. The third-order valence-corrected chi connectivity index (χ3v) is 3.75. The summed E-state index contributed by atoms with van der Waals surface area (Å²) >= 11 is 0. The van der Waals surface area contributed by atoms with Crippen LogP contribution in [0.3, 0.4) is 0 Å². The van der Waals surface area contributed by atoms with Gasteiger partial charge in [-0.05, 0) is 55.1 Å². The van der Waals surface area contributed by atoms with Crippen molar-refractivity contribution in [3.8, 4) is 0 Å². The molecule has 2 unspecified atom stereocenters. The highest BCUT2D eigenvalue weighted by Gasteiger charge is 2.18. The van der Waals surface area contributed by atoms with Gasteiger partial charge in [0, 0.05) is 13.1 Å². The van der Waals surface area contributed by atoms with Crippen molar-refractivity contribution in [1.29, 1.82) is 0 Å². The average Bonchev–Trinajstić information content (AvgIpc) is 2.27. The van der Waals surface area contributed by atoms with Crippen LogP contribution in [0, 0.1) is 0 Å². The van der Waals surface area contributed by atoms with Gasteiger partial charge in [-0.1, -0.05) is 13.8 Å². The first-order valence-corrected chi connectivity index (χ1v) is 7.08. The van der Waals surface area contributed by atoms with Crippen LogP contribution < -0.4 is 0 Å². The molecule has 0 heterocycles. The Labute approximate surface area is 115 Å². The molecule has 0 spiro atoms. The molecule has 0 rings (SSSR count). The molecule has 0 aliphatic rings. The maximum atomic E-state index is 2.44. The van der Waals surface area contributed by atoms with Crippen LogP contribution >= 0.6 is 0 Å². The molecule has 0 fully saturated rings. The van der Waals surface area contributed by atoms with Crippen LogP contribution in [0.5, 0.6) is 0 Å². The Morgan fingerprint density at radius 3 is 1.06 bits per heavy atom. The molecule has 0 bridgehead atoms. The van der Waals surface area contributed by atoms with Gasteiger partial charge in [0.1, 0.15) is 0 Å². The lowest BCUT2D eigenvalue weighted by atomic mass is 10.3. The van der Waals surface area contributed by atoms with Crippen LogP contribution in [0.1, 0.15) is 26.7 Å². The van der Waals surface area contributed by atoms with E-state index < -0.39 is 0 Å². The van der Waals surface area contributed by atoms with Gasteiger partial charge < -0.3 is 0 Å². The minimum absolute atomic E-state index is 0.540. The van der Waals surface area contributed by atoms with Crippen molar-refractivity contribution in [2.75, 3.05) is 55.4 Å². The molecule has 4 nitrogen and oxygen atoms in total. The summed E-state index contributed by atoms with van der Waals surface area (Å²) in [4.78, 5) is 9.48. The molecular formula is C14H34N4. The van der Waals surface area contributed by atoms with Gasteiger partial charge in [-0.15, -0.1) is 0 Å². The van der Waals surface area contributed by atoms with Gasteiger partial charge in [-0.25, -0.2) is 0 Å². The Bertz CT molecular complexity index is 184. The molecule has 0 saturated carbocycles. The van der Waals surface area contributed by atoms with Gasteiger partial charge in [-0.3, -0.25) is 19.6 Å². The molecule has 0 aromatic heterocycles. The molecule has 0 aromatic carbocycles. The molecule has 18 heavy (non-hydrogen) atoms. The smallest absolute Gasteiger partial charge is 0.0612 e. The van der Waals surface area contributed by atoms with E-state index in [1.54, 1.807) is 0 Å². The zero-order chi connectivity index (χ0) is 14.3. The van der Waals surface area contributed by atoms with Crippen molar-refractivity contribution in [2.24, 2.45) is 0 Å². The monoisotopic (exact) mass is 258 g/mol. The van der Waals surface area contributed by atoms with E-state index >= 15 is 0 Å². The predicted molar refractivity (Wildman–Crippen MR) is 80.8 cm³/mol. The fourth-order valence-corrected chi connectivity index (χ4v) is 2.76. The van der Waals surface area contributed by atoms with Crippen molar-refractivity contribution in [3.63, 3.8) is 0 Å². The number of hydrogen-bond acceptors (Lipinski definition) is 4. The maximum absolute atomic E-state index is 2.44. The summed E-state index contributed by atoms with van der Waals surface area (Å²) < 4.78 is 0. The Hall–Kier alpha value is -0.160. The molecule has 4 heteroatoms. The molecule has 0 saturated heterocycles. The van der Waals surface area contributed by atoms with Gasteiger partial charge in [0.25, 0.3) is 0 Å². The summed E-state index contributed by atoms with van der Waals surface area (Å²) in [6, 6.07) is 0. The summed E-state index contributed by atoms with van der Waals surface area (Å²) in [5.41, 5.74) is 0. The quantitative estimate of drug-likeness (QED) is 0.580. The Morgan fingerprint density at radius 2 is 0.889 bits per heavy atom. The second-order valence-corrected chi connectivity index (χ2v) is 5.67. The van der Waals surface area contributed by atoms with Gasteiger partial charge in [0.2, 0.25) is 0 Å². The standard InChI is InChI=1S/C14H34N4/c1-9-13(15(3)4)17(7)11-12-18(8)14(10-2)16(5)6/h13-14H,9-12H2,1-8H3. The van der Waals surface area contributed by atoms with Crippen LogP contribution in [-0.2, 0) is 0 Å². The molecular weight excluding hydrogens is 224 g/mol. The third kappa shape index (κ3) is 5.65. The molecule has 110 valence electrons. The summed E-state index contributed by atoms with van der Waals surface area (Å²) in [7, 11) is 13.1. The van der Waals surface area contributed by atoms with Crippen LogP contribution in [-0.4, -0.2) is 87.3 Å². The molecule has 0 aromatic rings. The fourth-order valence-electron chi connectivity index (χ4n) is 2.76. The molecule has 0 aliphatic heterocycles. The van der Waals surface area contributed by atoms with E-state index in [2.05, 4.69) is 75.7 Å². The number of rotatable bonds is 9. The lowest BCUT2D eigenvalue weighted by Crippen LogP contribution is -2.48. The highest BCUT2D eigenvalue weighted by molar-refractivity contribution is 4.69. The van der Waals surface area contributed by atoms with E-state index in [-0.39, 0.29) is 0 Å². The van der Waals surface area contributed by atoms with Crippen molar-refractivity contribution in [3.05, 3.63) is 0 Å². The van der Waals surface area contributed by atoms with E-state index in [0.717, 1.165) is 25.9 Å². The Balaban J connectivity index is 4.22. The molecule has 0 amide bonds. The van der Waals surface area contributed by atoms with E-state index in [0.29, 0.717) is 12.3 Å². The highest BCUT2D eigenvalue weighted by atomic mass is 15.4. The fraction of sp³-hybridized carbons (Fsp3) is 1.00. The average molecular weight is 258 g/mol. The topological polar surface area (TPSA) is 13.0 Å². The van der Waals surface area contributed by atoms with Gasteiger partial charge in [0.05, 0.1) is 12.3 Å². The van der Waals surface area contributed by atoms with Crippen molar-refractivity contribution >= 4 is 0 Å². The van der Waals surface area contributed by atoms with E-state index in [1.807, 2.05) is 0 Å². The largest absolute Gasteiger partial charge is 0.294 e. The minimum Gasteiger partial charge on any atom is -0.294 e. The Kier molecular flexibility index (Phi) is 8.78. The summed E-state index contributed by atoms with van der Waals surface area (Å²) in [5.74, 6) is 0. The van der Waals surface area contributed by atoms with Crippen molar-refractivity contribution in [1.82, 2.24) is 19.6 Å². The predicted octanol–water partition coefficient (Wildman–Crippen LogP) is 1.45. The lowest BCUT2D eigenvalue weighted by molar-refractivity contribution is 0.0591. The zero-order valence-electron chi connectivity index (χ0n) is 13.8. The molecule has 0 radical (unpaired) electrons. The highest BCUT2D eigenvalue weighted by Crippen LogP contribution is 2.07. The zero-order valence-corrected chi connectivity index (χ0v) is 13.8. The van der Waals surface area contributed by atoms with Crippen molar-refractivity contribution in [2.45, 2.75) is 39.0 Å². The number of nitrogens with zero attached hydrogens (tertiary/aromatic N) is 4. The lowest BCUT2D eigenvalue weighted by Gasteiger charge is -2.36. The van der Waals surface area contributed by atoms with Crippen LogP contribution in [0.4, 0.5) is 0 Å². The van der Waals surface area contributed by atoms with Crippen LogP contribution in [0.2, 0.25) is 0 Å². The van der Waals surface area contributed by atoms with Crippen LogP contribution in [0.25, 0.3) is 0 Å². The second-order valence-electron chi connectivity index (χ2n) is 5.67. The summed E-state index contributed by atoms with van der Waals surface area (Å²) in [6.45, 7) is 6.72. The summed E-state index contributed by atoms with van der Waals surface area (Å²) in [6.07, 6.45) is 3.41. The van der Waals surface area contributed by atoms with E-state index in [9.17, 15) is 0 Å². The number of likely N-dealkylation sites (N-methyl/N-ethyl adjacent to an activating group) is 2. The molecule has 0 N–H and O–H groups in total. The third-order valence-electron chi connectivity index (χ3n) is 3.75. The first-order chi connectivity index (χ1) is 8.34. The SMILES string of the molecule is CCC(N(C)C)N(C)CCN(C)C(CC)N(C)C. The van der Waals surface area contributed by atoms with Gasteiger partial charge in [-0.2, -0.15) is 0 Å². The van der Waals surface area contributed by atoms with Crippen molar-refractivity contribution < 1.29 is 0 Å². The number of hydrogen-bond donors (Lipinski definition) is 0. The minimum atomic E-state index is 0.540. The molecule has 0 aliphatic carbocycles. The van der Waals surface area contributed by atoms with E-state index in [1.165, 1.54) is 0 Å². The second kappa shape index (κ2) is 8.86. The van der Waals surface area contributed by atoms with E-state index in [4.69, 9.17) is 0 Å². The van der Waals surface area contributed by atoms with Gasteiger partial charge >= 0.3 is 0 Å². The first-order valence-electron chi connectivity index (χ1n) is 7.08. The summed E-state index contributed by atoms with van der Waals surface area (Å²) in [5, 5.41) is 0.